The van der Waals surface area contributed by atoms with E-state index >= 15 is 0 Å². The molecule has 5 aromatic rings. The Labute approximate surface area is 348 Å². The summed E-state index contributed by atoms with van der Waals surface area (Å²) in [6.45, 7) is 12.0. The van der Waals surface area contributed by atoms with Gasteiger partial charge in [-0.3, -0.25) is 4.68 Å². The summed E-state index contributed by atoms with van der Waals surface area (Å²) in [5, 5.41) is 51.0. The van der Waals surface area contributed by atoms with Gasteiger partial charge in [-0.15, -0.1) is 10.2 Å². The predicted octanol–water partition coefficient (Wildman–Crippen LogP) is 6.96. The zero-order chi connectivity index (χ0) is 41.2. The van der Waals surface area contributed by atoms with Gasteiger partial charge in [-0.1, -0.05) is 37.3 Å². The van der Waals surface area contributed by atoms with Crippen LogP contribution < -0.4 is 15.5 Å². The molecule has 10 rings (SSSR count). The number of pyridine rings is 1. The molecule has 0 amide bonds. The summed E-state index contributed by atoms with van der Waals surface area (Å²) < 4.78 is 10.0. The lowest BCUT2D eigenvalue weighted by Gasteiger charge is -2.69. The van der Waals surface area contributed by atoms with Crippen LogP contribution in [0.15, 0.2) is 42.6 Å². The second-order valence-electron chi connectivity index (χ2n) is 18.6. The van der Waals surface area contributed by atoms with Crippen LogP contribution in [-0.4, -0.2) is 95.8 Å². The van der Waals surface area contributed by atoms with E-state index in [9.17, 15) is 15.0 Å². The maximum Gasteiger partial charge on any atom is 0.355 e. The fraction of sp³-hybridized carbons (Fsp3) is 0.545. The molecule has 14 nitrogen and oxygen atoms in total. The lowest BCUT2D eigenvalue weighted by atomic mass is 9.39. The van der Waals surface area contributed by atoms with Gasteiger partial charge in [-0.25, -0.2) is 14.8 Å². The van der Waals surface area contributed by atoms with Crippen LogP contribution in [0.25, 0.3) is 21.3 Å². The van der Waals surface area contributed by atoms with Gasteiger partial charge in [0.05, 0.1) is 41.3 Å². The van der Waals surface area contributed by atoms with Crippen molar-refractivity contribution in [2.75, 3.05) is 43.1 Å². The molecule has 4 fully saturated rings. The van der Waals surface area contributed by atoms with Crippen molar-refractivity contribution in [3.8, 4) is 11.1 Å². The number of thiazole rings is 1. The fourth-order valence-electron chi connectivity index (χ4n) is 12.1. The van der Waals surface area contributed by atoms with Gasteiger partial charge in [-0.05, 0) is 119 Å². The van der Waals surface area contributed by atoms with Crippen LogP contribution in [0, 0.1) is 30.1 Å². The van der Waals surface area contributed by atoms with Gasteiger partial charge in [0.15, 0.2) is 22.5 Å². The number of ether oxygens (including phenoxy) is 1. The molecule has 3 atom stereocenters. The third-order valence-corrected chi connectivity index (χ3v) is 14.3. The fourth-order valence-corrected chi connectivity index (χ4v) is 13.0. The Bertz CT molecular complexity index is 2350. The van der Waals surface area contributed by atoms with E-state index in [1.54, 1.807) is 17.5 Å². The number of carboxylic acid groups (broad SMARTS) is 1. The van der Waals surface area contributed by atoms with E-state index in [1.807, 2.05) is 55.1 Å². The molecule has 5 heterocycles. The highest BCUT2D eigenvalue weighted by atomic mass is 32.1. The highest BCUT2D eigenvalue weighted by Crippen LogP contribution is 2.72. The van der Waals surface area contributed by atoms with Crippen molar-refractivity contribution in [1.82, 2.24) is 35.3 Å². The Kier molecular flexibility index (Phi) is 10.3. The summed E-state index contributed by atoms with van der Waals surface area (Å²) in [6, 6.07) is 11.8. The molecule has 4 aliphatic carbocycles. The largest absolute Gasteiger partial charge is 0.476 e. The second-order valence-corrected chi connectivity index (χ2v) is 19.6. The summed E-state index contributed by atoms with van der Waals surface area (Å²) in [6.07, 6.45) is 9.80. The van der Waals surface area contributed by atoms with Gasteiger partial charge >= 0.3 is 5.97 Å². The highest BCUT2D eigenvalue weighted by molar-refractivity contribution is 7.22. The molecule has 5 N–H and O–H groups in total. The Morgan fingerprint density at radius 2 is 1.78 bits per heavy atom. The number of carboxylic acids is 1. The molecule has 4 saturated carbocycles. The molecule has 1 aromatic carbocycles. The van der Waals surface area contributed by atoms with E-state index in [2.05, 4.69) is 39.4 Å². The molecule has 2 unspecified atom stereocenters. The maximum absolute atomic E-state index is 12.9. The third kappa shape index (κ3) is 7.60. The molecule has 312 valence electrons. The van der Waals surface area contributed by atoms with Crippen LogP contribution in [0.1, 0.15) is 92.5 Å². The molecule has 59 heavy (non-hydrogen) atoms. The molecule has 0 radical (unpaired) electrons. The van der Waals surface area contributed by atoms with Crippen molar-refractivity contribution in [3.63, 3.8) is 0 Å². The highest BCUT2D eigenvalue weighted by Gasteiger charge is 2.66. The van der Waals surface area contributed by atoms with Crippen molar-refractivity contribution in [2.45, 2.75) is 104 Å². The van der Waals surface area contributed by atoms with E-state index in [4.69, 9.17) is 24.9 Å². The number of nitrogens with one attached hydrogen (secondary N) is 2. The molecular weight excluding hydrogens is 767 g/mol. The molecule has 0 saturated heterocycles. The normalized spacial score (nSPS) is 26.4. The van der Waals surface area contributed by atoms with Crippen LogP contribution in [0.5, 0.6) is 0 Å². The number of aromatic nitrogens is 6. The Hall–Kier alpha value is -4.54. The number of fused-ring (bicyclic) bond motifs is 2. The summed E-state index contributed by atoms with van der Waals surface area (Å²) >= 11 is 1.57. The number of hydrogen-bond acceptors (Lipinski definition) is 13. The number of aliphatic hydroxyl groups is 2. The lowest BCUT2D eigenvalue weighted by molar-refractivity contribution is -0.247. The van der Waals surface area contributed by atoms with Crippen LogP contribution >= 0.6 is 11.3 Å². The minimum atomic E-state index is -1.09. The quantitative estimate of drug-likeness (QED) is 0.0685. The monoisotopic (exact) mass is 821 g/mol. The number of carbonyl (C=O) groups is 1. The average Bonchev–Trinajstić information content (AvgIpc) is 3.76. The van der Waals surface area contributed by atoms with Gasteiger partial charge in [0, 0.05) is 47.6 Å². The number of nitrogens with zero attached hydrogens (tertiary/aromatic N) is 7. The Morgan fingerprint density at radius 1 is 0.983 bits per heavy atom. The van der Waals surface area contributed by atoms with Crippen LogP contribution in [0.4, 0.5) is 22.6 Å². The number of rotatable bonds is 15. The number of para-hydroxylation sites is 1. The predicted molar refractivity (Wildman–Crippen MR) is 228 cm³/mol. The minimum Gasteiger partial charge on any atom is -0.476 e. The van der Waals surface area contributed by atoms with E-state index in [1.165, 1.54) is 6.42 Å². The molecule has 1 aliphatic heterocycles. The minimum absolute atomic E-state index is 0.00724. The van der Waals surface area contributed by atoms with Crippen LogP contribution in [0.3, 0.4) is 0 Å². The van der Waals surface area contributed by atoms with Crippen LogP contribution in [-0.2, 0) is 17.7 Å². The van der Waals surface area contributed by atoms with E-state index in [-0.39, 0.29) is 34.1 Å². The maximum atomic E-state index is 12.9. The molecular formula is C44H55N9O5S. The number of anilines is 4. The molecule has 5 aliphatic rings. The third-order valence-electron chi connectivity index (χ3n) is 13.3. The smallest absolute Gasteiger partial charge is 0.355 e. The van der Waals surface area contributed by atoms with Gasteiger partial charge < -0.3 is 35.6 Å². The topological polar surface area (TPSA) is 184 Å². The number of aromatic carboxylic acids is 1. The Morgan fingerprint density at radius 3 is 2.54 bits per heavy atom. The van der Waals surface area contributed by atoms with Crippen molar-refractivity contribution >= 4 is 50.1 Å². The first-order chi connectivity index (χ1) is 28.3. The zero-order valence-electron chi connectivity index (χ0n) is 34.4. The van der Waals surface area contributed by atoms with E-state index in [0.29, 0.717) is 55.7 Å². The van der Waals surface area contributed by atoms with Crippen molar-refractivity contribution < 1.29 is 24.9 Å². The molecule has 4 bridgehead atoms. The van der Waals surface area contributed by atoms with Crippen molar-refractivity contribution in [2.24, 2.45) is 16.2 Å². The van der Waals surface area contributed by atoms with Crippen molar-refractivity contribution in [3.05, 3.63) is 65.1 Å². The first-order valence-electron chi connectivity index (χ1n) is 21.0. The van der Waals surface area contributed by atoms with Gasteiger partial charge in [0.25, 0.3) is 0 Å². The number of hydrogen-bond donors (Lipinski definition) is 5. The van der Waals surface area contributed by atoms with Gasteiger partial charge in [0.2, 0.25) is 0 Å². The van der Waals surface area contributed by atoms with Crippen molar-refractivity contribution in [1.29, 1.82) is 0 Å². The van der Waals surface area contributed by atoms with Gasteiger partial charge in [-0.2, -0.15) is 5.10 Å². The van der Waals surface area contributed by atoms with Gasteiger partial charge in [0.1, 0.15) is 5.82 Å². The number of aliphatic hydroxyl groups excluding tert-OH is 2. The van der Waals surface area contributed by atoms with E-state index in [0.717, 1.165) is 89.2 Å². The lowest BCUT2D eigenvalue weighted by Crippen LogP contribution is -2.64. The molecule has 15 heteroatoms. The first-order valence-corrected chi connectivity index (χ1v) is 21.8. The molecule has 4 aromatic heterocycles. The summed E-state index contributed by atoms with van der Waals surface area (Å²) in [5.74, 6) is 0.782. The first kappa shape index (κ1) is 39.9. The van der Waals surface area contributed by atoms with E-state index < -0.39 is 12.1 Å². The SMILES string of the molecule is Cc1c(Nc2nc3ccccc3s2)nnc2c1CCCN2c1ccc(-c2cnn(CC34CC5(C)CC(C)(C3)CC(OCCNCC[C@@H](O)CO)(C5)C4)c2C)c(C(=O)O)n1. The summed E-state index contributed by atoms with van der Waals surface area (Å²) in [4.78, 5) is 24.4. The second kappa shape index (κ2) is 15.2. The average molecular weight is 822 g/mol. The Balaban J connectivity index is 0.940. The number of benzene rings is 1. The molecule has 0 spiro atoms. The standard InChI is InChI=1S/C44H55N9O5S/c1-27-30-8-7-16-52(38(30)51-50-37(27)49-40-47-33-9-5-6-10-34(33)59-40)35-12-11-31(36(48-35)39(56)57)32-18-46-53(28(32)2)26-43-21-41(3)20-42(4,22-43)24-44(23-41,25-43)58-17-15-45-14-13-29(55)19-54/h5-6,9-12,18,29,45,54-55H,7-8,13-17,19-26H2,1-4H3,(H,56,57)(H,47,49,50)/t29-,41?,42?,43?,44?/m1/s1. The zero-order valence-corrected chi connectivity index (χ0v) is 35.2. The van der Waals surface area contributed by atoms with Crippen LogP contribution in [0.2, 0.25) is 0 Å². The summed E-state index contributed by atoms with van der Waals surface area (Å²) in [5.41, 5.74) is 5.36. The summed E-state index contributed by atoms with van der Waals surface area (Å²) in [7, 11) is 0.